The Morgan fingerprint density at radius 2 is 1.69 bits per heavy atom. The van der Waals surface area contributed by atoms with Crippen LogP contribution in [0, 0.1) is 0 Å². The molecule has 140 valence electrons. The second kappa shape index (κ2) is 6.97. The van der Waals surface area contributed by atoms with Crippen molar-refractivity contribution in [2.24, 2.45) is 0 Å². The molecule has 2 amide bonds. The molecule has 7 heteroatoms. The van der Waals surface area contributed by atoms with Gasteiger partial charge in [0.15, 0.2) is 0 Å². The predicted octanol–water partition coefficient (Wildman–Crippen LogP) is 2.68. The quantitative estimate of drug-likeness (QED) is 0.828. The monoisotopic (exact) mass is 358 g/mol. The van der Waals surface area contributed by atoms with Crippen LogP contribution in [0.5, 0.6) is 0 Å². The molecule has 1 atom stereocenters. The van der Waals surface area contributed by atoms with Gasteiger partial charge in [0.05, 0.1) is 17.4 Å². The first-order valence-corrected chi connectivity index (χ1v) is 8.94. The Morgan fingerprint density at radius 1 is 1.08 bits per heavy atom. The van der Waals surface area contributed by atoms with Gasteiger partial charge < -0.3 is 19.1 Å². The lowest BCUT2D eigenvalue weighted by atomic mass is 10.2. The number of nitrogens with zero attached hydrogens (tertiary/aromatic N) is 4. The maximum absolute atomic E-state index is 12.9. The zero-order valence-corrected chi connectivity index (χ0v) is 15.8. The number of fused-ring (bicyclic) bond motifs is 1. The van der Waals surface area contributed by atoms with Crippen LogP contribution < -0.4 is 0 Å². The highest BCUT2D eigenvalue weighted by atomic mass is 16.6. The maximum Gasteiger partial charge on any atom is 0.410 e. The summed E-state index contributed by atoms with van der Waals surface area (Å²) in [5.74, 6) is 0.0389. The molecule has 0 aliphatic carbocycles. The Hall–Kier alpha value is -2.57. The van der Waals surface area contributed by atoms with Crippen molar-refractivity contribution in [1.82, 2.24) is 19.4 Å². The van der Waals surface area contributed by atoms with E-state index in [2.05, 4.69) is 4.98 Å². The zero-order valence-electron chi connectivity index (χ0n) is 15.8. The number of ether oxygens (including phenoxy) is 1. The van der Waals surface area contributed by atoms with Crippen LogP contribution in [0.2, 0.25) is 0 Å². The fourth-order valence-electron chi connectivity index (χ4n) is 3.11. The third kappa shape index (κ3) is 3.81. The SMILES string of the molecule is C[C@@H](C(=O)N1CCN(C(=O)OC(C)(C)C)CC1)n1cnc2ccccc21. The topological polar surface area (TPSA) is 67.7 Å². The fraction of sp³-hybridized carbons (Fsp3) is 0.526. The average Bonchev–Trinajstić information content (AvgIpc) is 3.03. The minimum Gasteiger partial charge on any atom is -0.444 e. The molecular weight excluding hydrogens is 332 g/mol. The first-order valence-electron chi connectivity index (χ1n) is 8.94. The minimum atomic E-state index is -0.513. The van der Waals surface area contributed by atoms with E-state index in [-0.39, 0.29) is 18.0 Å². The van der Waals surface area contributed by atoms with Gasteiger partial charge in [-0.25, -0.2) is 9.78 Å². The number of carbonyl (C=O) groups is 2. The second-order valence-electron chi connectivity index (χ2n) is 7.61. The Morgan fingerprint density at radius 3 is 2.35 bits per heavy atom. The number of piperazine rings is 1. The summed E-state index contributed by atoms with van der Waals surface area (Å²) < 4.78 is 7.30. The molecule has 2 aromatic rings. The van der Waals surface area contributed by atoms with Gasteiger partial charge in [0, 0.05) is 26.2 Å². The van der Waals surface area contributed by atoms with Crippen LogP contribution in [0.15, 0.2) is 30.6 Å². The van der Waals surface area contributed by atoms with E-state index in [1.165, 1.54) is 0 Å². The highest BCUT2D eigenvalue weighted by Gasteiger charge is 2.30. The maximum atomic E-state index is 12.9. The Balaban J connectivity index is 1.62. The highest BCUT2D eigenvalue weighted by molar-refractivity contribution is 5.84. The largest absolute Gasteiger partial charge is 0.444 e. The van der Waals surface area contributed by atoms with Crippen molar-refractivity contribution in [2.45, 2.75) is 39.3 Å². The van der Waals surface area contributed by atoms with Gasteiger partial charge >= 0.3 is 6.09 Å². The third-order valence-electron chi connectivity index (χ3n) is 4.50. The smallest absolute Gasteiger partial charge is 0.410 e. The van der Waals surface area contributed by atoms with Gasteiger partial charge in [-0.05, 0) is 39.8 Å². The lowest BCUT2D eigenvalue weighted by Gasteiger charge is -2.36. The van der Waals surface area contributed by atoms with Crippen molar-refractivity contribution in [3.8, 4) is 0 Å². The summed E-state index contributed by atoms with van der Waals surface area (Å²) in [4.78, 5) is 32.9. The number of aromatic nitrogens is 2. The molecule has 0 spiro atoms. The van der Waals surface area contributed by atoms with Crippen LogP contribution in [0.25, 0.3) is 11.0 Å². The molecule has 2 heterocycles. The Kier molecular flexibility index (Phi) is 4.89. The van der Waals surface area contributed by atoms with E-state index in [0.717, 1.165) is 11.0 Å². The highest BCUT2D eigenvalue weighted by Crippen LogP contribution is 2.20. The number of carbonyl (C=O) groups excluding carboxylic acids is 2. The van der Waals surface area contributed by atoms with E-state index in [1.807, 2.05) is 56.5 Å². The summed E-state index contributed by atoms with van der Waals surface area (Å²) in [6.45, 7) is 9.42. The molecular formula is C19H26N4O3. The van der Waals surface area contributed by atoms with Crippen molar-refractivity contribution in [2.75, 3.05) is 26.2 Å². The van der Waals surface area contributed by atoms with E-state index in [0.29, 0.717) is 26.2 Å². The van der Waals surface area contributed by atoms with Gasteiger partial charge in [0.1, 0.15) is 11.6 Å². The number of amides is 2. The average molecular weight is 358 g/mol. The number of benzene rings is 1. The number of para-hydroxylation sites is 2. The predicted molar refractivity (Wildman–Crippen MR) is 98.8 cm³/mol. The van der Waals surface area contributed by atoms with Crippen LogP contribution >= 0.6 is 0 Å². The van der Waals surface area contributed by atoms with Gasteiger partial charge in [-0.2, -0.15) is 0 Å². The van der Waals surface area contributed by atoms with Gasteiger partial charge in [-0.15, -0.1) is 0 Å². The standard InChI is InChI=1S/C19H26N4O3/c1-14(23-13-20-15-7-5-6-8-16(15)23)17(24)21-9-11-22(12-10-21)18(25)26-19(2,3)4/h5-8,13-14H,9-12H2,1-4H3/t14-/m0/s1. The molecule has 0 bridgehead atoms. The molecule has 1 fully saturated rings. The van der Waals surface area contributed by atoms with E-state index in [1.54, 1.807) is 16.1 Å². The first-order chi connectivity index (χ1) is 12.3. The molecule has 3 rings (SSSR count). The van der Waals surface area contributed by atoms with Crippen molar-refractivity contribution in [3.05, 3.63) is 30.6 Å². The van der Waals surface area contributed by atoms with E-state index in [4.69, 9.17) is 4.74 Å². The summed E-state index contributed by atoms with van der Waals surface area (Å²) in [6, 6.07) is 7.43. The summed E-state index contributed by atoms with van der Waals surface area (Å²) in [5.41, 5.74) is 1.31. The summed E-state index contributed by atoms with van der Waals surface area (Å²) in [7, 11) is 0. The van der Waals surface area contributed by atoms with Crippen molar-refractivity contribution < 1.29 is 14.3 Å². The number of rotatable bonds is 2. The van der Waals surface area contributed by atoms with Crippen LogP contribution in [0.1, 0.15) is 33.7 Å². The molecule has 0 saturated carbocycles. The molecule has 1 aliphatic rings. The number of hydrogen-bond donors (Lipinski definition) is 0. The van der Waals surface area contributed by atoms with Gasteiger partial charge in [0.2, 0.25) is 5.91 Å². The Bertz CT molecular complexity index is 800. The number of imidazole rings is 1. The minimum absolute atomic E-state index is 0.0389. The first kappa shape index (κ1) is 18.2. The molecule has 1 saturated heterocycles. The number of hydrogen-bond acceptors (Lipinski definition) is 4. The van der Waals surface area contributed by atoms with E-state index in [9.17, 15) is 9.59 Å². The molecule has 1 aromatic carbocycles. The van der Waals surface area contributed by atoms with Gasteiger partial charge in [0.25, 0.3) is 0 Å². The lowest BCUT2D eigenvalue weighted by molar-refractivity contribution is -0.136. The Labute approximate surface area is 153 Å². The van der Waals surface area contributed by atoms with Crippen LogP contribution in [-0.4, -0.2) is 63.1 Å². The van der Waals surface area contributed by atoms with Crippen molar-refractivity contribution in [1.29, 1.82) is 0 Å². The molecule has 1 aliphatic heterocycles. The van der Waals surface area contributed by atoms with Crippen LogP contribution in [0.3, 0.4) is 0 Å². The summed E-state index contributed by atoms with van der Waals surface area (Å²) in [6.07, 6.45) is 1.39. The van der Waals surface area contributed by atoms with Crippen molar-refractivity contribution >= 4 is 23.0 Å². The summed E-state index contributed by atoms with van der Waals surface area (Å²) >= 11 is 0. The normalized spacial score (nSPS) is 16.6. The molecule has 1 aromatic heterocycles. The molecule has 0 unspecified atom stereocenters. The van der Waals surface area contributed by atoms with Gasteiger partial charge in [-0.3, -0.25) is 4.79 Å². The molecule has 0 radical (unpaired) electrons. The van der Waals surface area contributed by atoms with Crippen LogP contribution in [0.4, 0.5) is 4.79 Å². The molecule has 26 heavy (non-hydrogen) atoms. The van der Waals surface area contributed by atoms with E-state index < -0.39 is 5.60 Å². The van der Waals surface area contributed by atoms with Gasteiger partial charge in [-0.1, -0.05) is 12.1 Å². The van der Waals surface area contributed by atoms with Crippen LogP contribution in [-0.2, 0) is 9.53 Å². The third-order valence-corrected chi connectivity index (χ3v) is 4.50. The molecule has 0 N–H and O–H groups in total. The molecule has 7 nitrogen and oxygen atoms in total. The second-order valence-corrected chi connectivity index (χ2v) is 7.61. The lowest BCUT2D eigenvalue weighted by Crippen LogP contribution is -2.52. The van der Waals surface area contributed by atoms with Crippen molar-refractivity contribution in [3.63, 3.8) is 0 Å². The fourth-order valence-corrected chi connectivity index (χ4v) is 3.11. The zero-order chi connectivity index (χ0) is 18.9. The summed E-state index contributed by atoms with van der Waals surface area (Å²) in [5, 5.41) is 0. The van der Waals surface area contributed by atoms with E-state index >= 15 is 0 Å².